The highest BCUT2D eigenvalue weighted by molar-refractivity contribution is 9.10. The van der Waals surface area contributed by atoms with Gasteiger partial charge in [-0.25, -0.2) is 4.79 Å². The van der Waals surface area contributed by atoms with Crippen LogP contribution >= 0.6 is 15.9 Å². The molecule has 0 saturated heterocycles. The van der Waals surface area contributed by atoms with Gasteiger partial charge in [-0.05, 0) is 58.7 Å². The van der Waals surface area contributed by atoms with Crippen molar-refractivity contribution in [3.8, 4) is 0 Å². The average molecular weight is 383 g/mol. The number of alkyl halides is 1. The first-order valence-electron chi connectivity index (χ1n) is 7.74. The number of nitrogens with one attached hydrogen (secondary N) is 2. The van der Waals surface area contributed by atoms with Crippen molar-refractivity contribution in [3.05, 3.63) is 23.8 Å². The zero-order valence-corrected chi connectivity index (χ0v) is 15.5. The Hall–Kier alpha value is -1.56. The summed E-state index contributed by atoms with van der Waals surface area (Å²) >= 11 is 3.25. The van der Waals surface area contributed by atoms with Gasteiger partial charge in [0.2, 0.25) is 5.91 Å². The maximum Gasteiger partial charge on any atom is 0.338 e. The van der Waals surface area contributed by atoms with Crippen LogP contribution in [0.25, 0.3) is 0 Å². The van der Waals surface area contributed by atoms with Crippen LogP contribution in [0.4, 0.5) is 11.4 Å². The summed E-state index contributed by atoms with van der Waals surface area (Å²) in [6.45, 7) is 7.22. The lowest BCUT2D eigenvalue weighted by Crippen LogP contribution is -2.24. The first kappa shape index (κ1) is 17.8. The van der Waals surface area contributed by atoms with Gasteiger partial charge in [-0.15, -0.1) is 0 Å². The van der Waals surface area contributed by atoms with Gasteiger partial charge >= 0.3 is 5.97 Å². The molecule has 1 unspecified atom stereocenters. The van der Waals surface area contributed by atoms with Crippen LogP contribution in [-0.2, 0) is 9.53 Å². The summed E-state index contributed by atoms with van der Waals surface area (Å²) < 4.78 is 5.38. The van der Waals surface area contributed by atoms with Crippen molar-refractivity contribution in [1.82, 2.24) is 0 Å². The zero-order chi connectivity index (χ0) is 17.2. The molecule has 0 radical (unpaired) electrons. The summed E-state index contributed by atoms with van der Waals surface area (Å²) in [6, 6.07) is 5.63. The molecular weight excluding hydrogens is 360 g/mol. The van der Waals surface area contributed by atoms with Gasteiger partial charge < -0.3 is 15.4 Å². The quantitative estimate of drug-likeness (QED) is 0.597. The van der Waals surface area contributed by atoms with Gasteiger partial charge in [0.25, 0.3) is 0 Å². The van der Waals surface area contributed by atoms with E-state index in [4.69, 9.17) is 4.74 Å². The van der Waals surface area contributed by atoms with Crippen LogP contribution in [-0.4, -0.2) is 28.3 Å². The van der Waals surface area contributed by atoms with Crippen molar-refractivity contribution in [2.45, 2.75) is 57.0 Å². The van der Waals surface area contributed by atoms with Gasteiger partial charge in [0.15, 0.2) is 0 Å². The standard InChI is InChI=1S/C17H23BrN2O3/c1-10(18)15(21)20-14-9-11(16(22)23-17(2,3)4)5-8-13(14)19-12-6-7-12/h5,8-10,12,19H,6-7H2,1-4H3,(H,20,21). The molecule has 0 heterocycles. The topological polar surface area (TPSA) is 67.4 Å². The van der Waals surface area contributed by atoms with Gasteiger partial charge in [0, 0.05) is 6.04 Å². The second kappa shape index (κ2) is 6.91. The van der Waals surface area contributed by atoms with E-state index in [-0.39, 0.29) is 10.7 Å². The van der Waals surface area contributed by atoms with E-state index in [1.165, 1.54) is 0 Å². The van der Waals surface area contributed by atoms with Crippen LogP contribution < -0.4 is 10.6 Å². The van der Waals surface area contributed by atoms with Crippen molar-refractivity contribution < 1.29 is 14.3 Å². The first-order chi connectivity index (χ1) is 10.7. The number of anilines is 2. The van der Waals surface area contributed by atoms with Crippen LogP contribution in [0, 0.1) is 0 Å². The molecule has 126 valence electrons. The van der Waals surface area contributed by atoms with Crippen molar-refractivity contribution in [3.63, 3.8) is 0 Å². The molecule has 0 aliphatic heterocycles. The summed E-state index contributed by atoms with van der Waals surface area (Å²) in [5.41, 5.74) is 1.27. The molecule has 1 fully saturated rings. The number of hydrogen-bond donors (Lipinski definition) is 2. The normalized spacial score (nSPS) is 15.7. The van der Waals surface area contributed by atoms with Crippen LogP contribution in [0.15, 0.2) is 18.2 Å². The second-order valence-corrected chi connectivity index (χ2v) is 8.16. The number of carbonyl (C=O) groups excluding carboxylic acids is 2. The molecule has 1 aromatic carbocycles. The molecule has 1 saturated carbocycles. The molecule has 0 bridgehead atoms. The van der Waals surface area contributed by atoms with Gasteiger partial charge in [0.1, 0.15) is 5.60 Å². The third kappa shape index (κ3) is 5.53. The van der Waals surface area contributed by atoms with Gasteiger partial charge in [-0.2, -0.15) is 0 Å². The Morgan fingerprint density at radius 2 is 1.91 bits per heavy atom. The molecule has 6 heteroatoms. The number of amides is 1. The minimum Gasteiger partial charge on any atom is -0.456 e. The number of esters is 1. The van der Waals surface area contributed by atoms with E-state index < -0.39 is 11.6 Å². The molecule has 0 spiro atoms. The number of rotatable bonds is 5. The second-order valence-electron chi connectivity index (χ2n) is 6.79. The lowest BCUT2D eigenvalue weighted by atomic mass is 10.1. The fourth-order valence-corrected chi connectivity index (χ4v) is 2.03. The summed E-state index contributed by atoms with van der Waals surface area (Å²) in [5, 5.41) is 6.21. The largest absolute Gasteiger partial charge is 0.456 e. The fraction of sp³-hybridized carbons (Fsp3) is 0.529. The van der Waals surface area contributed by atoms with Crippen LogP contribution in [0.5, 0.6) is 0 Å². The number of halogens is 1. The Morgan fingerprint density at radius 1 is 1.26 bits per heavy atom. The van der Waals surface area contributed by atoms with E-state index in [1.807, 2.05) is 26.8 Å². The predicted molar refractivity (Wildman–Crippen MR) is 95.3 cm³/mol. The SMILES string of the molecule is CC(Br)C(=O)Nc1cc(C(=O)OC(C)(C)C)ccc1NC1CC1. The first-order valence-corrected chi connectivity index (χ1v) is 8.66. The van der Waals surface area contributed by atoms with E-state index in [0.717, 1.165) is 18.5 Å². The highest BCUT2D eigenvalue weighted by Crippen LogP contribution is 2.31. The molecule has 1 amide bonds. The van der Waals surface area contributed by atoms with E-state index in [1.54, 1.807) is 19.1 Å². The van der Waals surface area contributed by atoms with Gasteiger partial charge in [-0.3, -0.25) is 4.79 Å². The summed E-state index contributed by atoms with van der Waals surface area (Å²) in [5.74, 6) is -0.567. The number of ether oxygens (including phenoxy) is 1. The molecule has 0 aromatic heterocycles. The minimum absolute atomic E-state index is 0.162. The zero-order valence-electron chi connectivity index (χ0n) is 13.9. The molecule has 23 heavy (non-hydrogen) atoms. The van der Waals surface area contributed by atoms with Gasteiger partial charge in [-0.1, -0.05) is 15.9 Å². The molecule has 5 nitrogen and oxygen atoms in total. The number of benzene rings is 1. The van der Waals surface area contributed by atoms with Crippen LogP contribution in [0.3, 0.4) is 0 Å². The maximum absolute atomic E-state index is 12.2. The third-order valence-electron chi connectivity index (χ3n) is 3.21. The highest BCUT2D eigenvalue weighted by atomic mass is 79.9. The van der Waals surface area contributed by atoms with E-state index in [2.05, 4.69) is 26.6 Å². The Kier molecular flexibility index (Phi) is 5.34. The monoisotopic (exact) mass is 382 g/mol. The molecule has 2 N–H and O–H groups in total. The molecule has 1 aromatic rings. The molecule has 1 aliphatic carbocycles. The summed E-state index contributed by atoms with van der Waals surface area (Å²) in [4.78, 5) is 23.9. The minimum atomic E-state index is -0.560. The van der Waals surface area contributed by atoms with Crippen molar-refractivity contribution in [2.75, 3.05) is 10.6 Å². The summed E-state index contributed by atoms with van der Waals surface area (Å²) in [6.07, 6.45) is 2.24. The Labute approximate surface area is 145 Å². The highest BCUT2D eigenvalue weighted by Gasteiger charge is 2.24. The van der Waals surface area contributed by atoms with E-state index in [0.29, 0.717) is 17.3 Å². The summed E-state index contributed by atoms with van der Waals surface area (Å²) in [7, 11) is 0. The van der Waals surface area contributed by atoms with Crippen LogP contribution in [0.1, 0.15) is 50.9 Å². The van der Waals surface area contributed by atoms with Gasteiger partial charge in [0.05, 0.1) is 21.8 Å². The predicted octanol–water partition coefficient (Wildman–Crippen LogP) is 3.94. The van der Waals surface area contributed by atoms with E-state index >= 15 is 0 Å². The third-order valence-corrected chi connectivity index (χ3v) is 3.63. The molecule has 1 atom stereocenters. The lowest BCUT2D eigenvalue weighted by Gasteiger charge is -2.20. The number of hydrogen-bond acceptors (Lipinski definition) is 4. The van der Waals surface area contributed by atoms with Crippen molar-refractivity contribution >= 4 is 39.2 Å². The molecule has 1 aliphatic rings. The van der Waals surface area contributed by atoms with Crippen LogP contribution in [0.2, 0.25) is 0 Å². The fourth-order valence-electron chi connectivity index (χ4n) is 1.92. The molecule has 2 rings (SSSR count). The smallest absolute Gasteiger partial charge is 0.338 e. The maximum atomic E-state index is 12.2. The Bertz CT molecular complexity index is 604. The van der Waals surface area contributed by atoms with E-state index in [9.17, 15) is 9.59 Å². The molecular formula is C17H23BrN2O3. The van der Waals surface area contributed by atoms with Crippen molar-refractivity contribution in [2.24, 2.45) is 0 Å². The number of carbonyl (C=O) groups is 2. The lowest BCUT2D eigenvalue weighted by molar-refractivity contribution is -0.115. The Balaban J connectivity index is 2.24. The Morgan fingerprint density at radius 3 is 2.43 bits per heavy atom. The van der Waals surface area contributed by atoms with Crippen molar-refractivity contribution in [1.29, 1.82) is 0 Å². The average Bonchev–Trinajstić information content (AvgIpc) is 3.22.